The number of hydrogen-bond donors (Lipinski definition) is 1. The molecule has 0 aliphatic rings. The van der Waals surface area contributed by atoms with E-state index in [9.17, 15) is 4.79 Å². The number of rotatable bonds is 7. The van der Waals surface area contributed by atoms with E-state index in [1.54, 1.807) is 0 Å². The molecule has 3 rings (SSSR count). The van der Waals surface area contributed by atoms with E-state index < -0.39 is 0 Å². The fourth-order valence-electron chi connectivity index (χ4n) is 3.10. The Balaban J connectivity index is 1.61. The molecule has 2 heteroatoms. The topological polar surface area (TPSA) is 29.1 Å². The summed E-state index contributed by atoms with van der Waals surface area (Å²) in [7, 11) is 0. The molecule has 1 amide bonds. The summed E-state index contributed by atoms with van der Waals surface area (Å²) in [5, 5.41) is 3.06. The highest BCUT2D eigenvalue weighted by Crippen LogP contribution is 2.27. The normalized spacial score (nSPS) is 10.6. The van der Waals surface area contributed by atoms with E-state index in [1.807, 2.05) is 42.5 Å². The van der Waals surface area contributed by atoms with Gasteiger partial charge in [-0.3, -0.25) is 4.79 Å². The average Bonchev–Trinajstić information content (AvgIpc) is 2.67. The maximum Gasteiger partial charge on any atom is 0.224 e. The molecule has 25 heavy (non-hydrogen) atoms. The van der Waals surface area contributed by atoms with Gasteiger partial charge in [0.2, 0.25) is 5.91 Å². The summed E-state index contributed by atoms with van der Waals surface area (Å²) < 4.78 is 0. The van der Waals surface area contributed by atoms with Gasteiger partial charge in [0.25, 0.3) is 0 Å². The Morgan fingerprint density at radius 1 is 0.720 bits per heavy atom. The fraction of sp³-hybridized carbons (Fsp3) is 0.174. The van der Waals surface area contributed by atoms with Crippen molar-refractivity contribution in [1.29, 1.82) is 0 Å². The van der Waals surface area contributed by atoms with Crippen LogP contribution in [-0.2, 0) is 11.2 Å². The van der Waals surface area contributed by atoms with Gasteiger partial charge in [0.1, 0.15) is 0 Å². The molecule has 0 aliphatic carbocycles. The van der Waals surface area contributed by atoms with E-state index in [2.05, 4.69) is 53.8 Å². The minimum absolute atomic E-state index is 0.0751. The first-order chi connectivity index (χ1) is 12.3. The number of carbonyl (C=O) groups excluding carboxylic acids is 1. The van der Waals surface area contributed by atoms with Crippen molar-refractivity contribution in [3.63, 3.8) is 0 Å². The van der Waals surface area contributed by atoms with E-state index in [0.717, 1.165) is 12.0 Å². The van der Waals surface area contributed by atoms with E-state index in [1.165, 1.54) is 11.1 Å². The lowest BCUT2D eigenvalue weighted by atomic mass is 9.88. The molecule has 0 unspecified atom stereocenters. The van der Waals surface area contributed by atoms with Crippen molar-refractivity contribution >= 4 is 5.91 Å². The smallest absolute Gasteiger partial charge is 0.224 e. The molecular formula is C23H23NO. The number of amides is 1. The average molecular weight is 329 g/mol. The maximum atomic E-state index is 12.2. The van der Waals surface area contributed by atoms with Crippen LogP contribution >= 0.6 is 0 Å². The number of nitrogens with one attached hydrogen (secondary N) is 1. The Labute approximate surface area is 149 Å². The van der Waals surface area contributed by atoms with Crippen LogP contribution in [0.25, 0.3) is 0 Å². The zero-order chi connectivity index (χ0) is 17.3. The standard InChI is InChI=1S/C23H23NO/c25-23(18-19-10-4-1-5-11-19)24-17-16-22(20-12-6-2-7-13-20)21-14-8-3-9-15-21/h1-15,22H,16-18H2,(H,24,25). The van der Waals surface area contributed by atoms with Crippen molar-refractivity contribution in [1.82, 2.24) is 5.32 Å². The minimum atomic E-state index is 0.0751. The second-order valence-electron chi connectivity index (χ2n) is 6.17. The number of carbonyl (C=O) groups is 1. The van der Waals surface area contributed by atoms with Crippen molar-refractivity contribution in [3.05, 3.63) is 108 Å². The first kappa shape index (κ1) is 17.0. The summed E-state index contributed by atoms with van der Waals surface area (Å²) in [5.41, 5.74) is 3.61. The summed E-state index contributed by atoms with van der Waals surface area (Å²) in [5.74, 6) is 0.366. The number of benzene rings is 3. The third kappa shape index (κ3) is 5.05. The van der Waals surface area contributed by atoms with Gasteiger partial charge in [-0.05, 0) is 23.1 Å². The van der Waals surface area contributed by atoms with Crippen LogP contribution < -0.4 is 5.32 Å². The number of hydrogen-bond acceptors (Lipinski definition) is 1. The van der Waals surface area contributed by atoms with Crippen LogP contribution in [0.5, 0.6) is 0 Å². The molecule has 0 aromatic heterocycles. The second kappa shape index (κ2) is 8.84. The van der Waals surface area contributed by atoms with Crippen LogP contribution in [0, 0.1) is 0 Å². The summed E-state index contributed by atoms with van der Waals surface area (Å²) in [6.45, 7) is 0.667. The predicted molar refractivity (Wildman–Crippen MR) is 102 cm³/mol. The van der Waals surface area contributed by atoms with Crippen LogP contribution in [0.2, 0.25) is 0 Å². The van der Waals surface area contributed by atoms with Crippen molar-refractivity contribution in [2.45, 2.75) is 18.8 Å². The molecule has 0 bridgehead atoms. The monoisotopic (exact) mass is 329 g/mol. The second-order valence-corrected chi connectivity index (χ2v) is 6.17. The zero-order valence-electron chi connectivity index (χ0n) is 14.3. The molecule has 3 aromatic carbocycles. The SMILES string of the molecule is O=C(Cc1ccccc1)NCCC(c1ccccc1)c1ccccc1. The predicted octanol–water partition coefficient (Wildman–Crippen LogP) is 4.57. The van der Waals surface area contributed by atoms with Crippen molar-refractivity contribution in [2.75, 3.05) is 6.54 Å². The maximum absolute atomic E-state index is 12.2. The first-order valence-corrected chi connectivity index (χ1v) is 8.73. The molecule has 0 fully saturated rings. The summed E-state index contributed by atoms with van der Waals surface area (Å²) in [6.07, 6.45) is 1.32. The van der Waals surface area contributed by atoms with Gasteiger partial charge >= 0.3 is 0 Å². The Morgan fingerprint density at radius 3 is 1.72 bits per heavy atom. The molecule has 0 saturated heterocycles. The van der Waals surface area contributed by atoms with Crippen LogP contribution in [0.4, 0.5) is 0 Å². The highest BCUT2D eigenvalue weighted by Gasteiger charge is 2.14. The molecule has 126 valence electrons. The molecular weight excluding hydrogens is 306 g/mol. The van der Waals surface area contributed by atoms with Crippen LogP contribution in [0.3, 0.4) is 0 Å². The molecule has 0 aliphatic heterocycles. The van der Waals surface area contributed by atoms with Crippen molar-refractivity contribution in [3.8, 4) is 0 Å². The molecule has 0 heterocycles. The highest BCUT2D eigenvalue weighted by molar-refractivity contribution is 5.78. The summed E-state index contributed by atoms with van der Waals surface area (Å²) in [6, 6.07) is 30.8. The summed E-state index contributed by atoms with van der Waals surface area (Å²) >= 11 is 0. The van der Waals surface area contributed by atoms with Gasteiger partial charge < -0.3 is 5.32 Å². The van der Waals surface area contributed by atoms with E-state index in [4.69, 9.17) is 0 Å². The lowest BCUT2D eigenvalue weighted by Crippen LogP contribution is -2.27. The first-order valence-electron chi connectivity index (χ1n) is 8.73. The largest absolute Gasteiger partial charge is 0.356 e. The quantitative estimate of drug-likeness (QED) is 0.676. The van der Waals surface area contributed by atoms with Gasteiger partial charge in [0.05, 0.1) is 6.42 Å². The molecule has 3 aromatic rings. The van der Waals surface area contributed by atoms with Crippen molar-refractivity contribution in [2.24, 2.45) is 0 Å². The molecule has 0 radical (unpaired) electrons. The highest BCUT2D eigenvalue weighted by atomic mass is 16.1. The molecule has 1 N–H and O–H groups in total. The summed E-state index contributed by atoms with van der Waals surface area (Å²) in [4.78, 5) is 12.2. The zero-order valence-corrected chi connectivity index (χ0v) is 14.3. The molecule has 0 atom stereocenters. The van der Waals surface area contributed by atoms with Crippen LogP contribution in [0.1, 0.15) is 29.0 Å². The van der Waals surface area contributed by atoms with E-state index in [-0.39, 0.29) is 5.91 Å². The minimum Gasteiger partial charge on any atom is -0.356 e. The van der Waals surface area contributed by atoms with Gasteiger partial charge in [0.15, 0.2) is 0 Å². The third-order valence-electron chi connectivity index (χ3n) is 4.37. The van der Waals surface area contributed by atoms with Crippen molar-refractivity contribution < 1.29 is 4.79 Å². The lowest BCUT2D eigenvalue weighted by Gasteiger charge is -2.18. The van der Waals surface area contributed by atoms with E-state index in [0.29, 0.717) is 18.9 Å². The Kier molecular flexibility index (Phi) is 6.00. The van der Waals surface area contributed by atoms with Gasteiger partial charge in [-0.15, -0.1) is 0 Å². The molecule has 2 nitrogen and oxygen atoms in total. The van der Waals surface area contributed by atoms with Gasteiger partial charge in [0, 0.05) is 12.5 Å². The van der Waals surface area contributed by atoms with Crippen LogP contribution in [0.15, 0.2) is 91.0 Å². The lowest BCUT2D eigenvalue weighted by molar-refractivity contribution is -0.120. The fourth-order valence-corrected chi connectivity index (χ4v) is 3.10. The molecule has 0 saturated carbocycles. The molecule has 0 spiro atoms. The Hall–Kier alpha value is -2.87. The van der Waals surface area contributed by atoms with Gasteiger partial charge in [-0.1, -0.05) is 91.0 Å². The Bertz CT molecular complexity index is 729. The Morgan fingerprint density at radius 2 is 1.20 bits per heavy atom. The van der Waals surface area contributed by atoms with Gasteiger partial charge in [-0.25, -0.2) is 0 Å². The van der Waals surface area contributed by atoms with Gasteiger partial charge in [-0.2, -0.15) is 0 Å². The van der Waals surface area contributed by atoms with E-state index >= 15 is 0 Å². The third-order valence-corrected chi connectivity index (χ3v) is 4.37. The van der Waals surface area contributed by atoms with Crippen LogP contribution in [-0.4, -0.2) is 12.5 Å².